The Labute approximate surface area is 283 Å². The number of ether oxygens (including phenoxy) is 3. The van der Waals surface area contributed by atoms with Crippen molar-refractivity contribution in [1.82, 2.24) is 4.90 Å². The van der Waals surface area contributed by atoms with Gasteiger partial charge in [-0.2, -0.15) is 0 Å². The Kier molecular flexibility index (Phi) is 11.1. The first-order valence-corrected chi connectivity index (χ1v) is 17.1. The van der Waals surface area contributed by atoms with Crippen LogP contribution in [-0.4, -0.2) is 42.1 Å². The van der Waals surface area contributed by atoms with Crippen molar-refractivity contribution in [3.8, 4) is 11.5 Å². The number of anilines is 1. The molecule has 4 aromatic carbocycles. The molecule has 250 valence electrons. The van der Waals surface area contributed by atoms with Gasteiger partial charge in [0.2, 0.25) is 0 Å². The van der Waals surface area contributed by atoms with Crippen LogP contribution in [0.25, 0.3) is 0 Å². The van der Waals surface area contributed by atoms with E-state index >= 15 is 0 Å². The van der Waals surface area contributed by atoms with Crippen molar-refractivity contribution in [2.24, 2.45) is 11.7 Å². The van der Waals surface area contributed by atoms with Gasteiger partial charge in [0, 0.05) is 17.3 Å². The number of benzene rings is 4. The highest BCUT2D eigenvalue weighted by molar-refractivity contribution is 5.87. The number of carbonyl (C=O) groups excluding carboxylic acids is 2. The minimum Gasteiger partial charge on any atom is -0.485 e. The number of nitrogens with one attached hydrogen (secondary N) is 1. The van der Waals surface area contributed by atoms with Gasteiger partial charge in [0.1, 0.15) is 19.3 Å². The number of fused-ring (bicyclic) bond motifs is 2. The molecule has 1 amide bonds. The number of hydrogen-bond acceptors (Lipinski definition) is 7. The summed E-state index contributed by atoms with van der Waals surface area (Å²) in [6.07, 6.45) is 4.94. The van der Waals surface area contributed by atoms with Crippen LogP contribution in [0.15, 0.2) is 97.1 Å². The van der Waals surface area contributed by atoms with E-state index in [9.17, 15) is 9.59 Å². The van der Waals surface area contributed by atoms with E-state index in [0.29, 0.717) is 35.8 Å². The summed E-state index contributed by atoms with van der Waals surface area (Å²) in [7, 11) is 0. The Bertz CT molecular complexity index is 1680. The van der Waals surface area contributed by atoms with Gasteiger partial charge in [0.15, 0.2) is 11.5 Å². The molecule has 1 fully saturated rings. The summed E-state index contributed by atoms with van der Waals surface area (Å²) in [6, 6.07) is 30.5. The minimum absolute atomic E-state index is 0.166. The molecule has 0 aromatic heterocycles. The Balaban J connectivity index is 1.15. The molecule has 1 saturated heterocycles. The fraction of sp³-hybridized carbons (Fsp3) is 0.350. The first-order valence-electron chi connectivity index (χ1n) is 17.1. The van der Waals surface area contributed by atoms with Crippen LogP contribution < -0.4 is 20.5 Å². The average molecular weight is 648 g/mol. The lowest BCUT2D eigenvalue weighted by molar-refractivity contribution is -0.146. The van der Waals surface area contributed by atoms with Crippen LogP contribution in [0.4, 0.5) is 10.5 Å². The van der Waals surface area contributed by atoms with Gasteiger partial charge >= 0.3 is 12.1 Å². The molecule has 8 nitrogen and oxygen atoms in total. The number of rotatable bonds is 12. The monoisotopic (exact) mass is 647 g/mol. The third-order valence-electron chi connectivity index (χ3n) is 9.35. The third-order valence-corrected chi connectivity index (χ3v) is 9.35. The zero-order chi connectivity index (χ0) is 33.3. The molecule has 2 aliphatic rings. The van der Waals surface area contributed by atoms with Gasteiger partial charge in [-0.1, -0.05) is 85.8 Å². The molecule has 1 heterocycles. The summed E-state index contributed by atoms with van der Waals surface area (Å²) in [5.41, 5.74) is 11.7. The second-order valence-corrected chi connectivity index (χ2v) is 12.8. The lowest BCUT2D eigenvalue weighted by Crippen LogP contribution is -2.49. The standard InChI is InChI=1S/C40H45N3O5/c1-2-20-43-21-10-16-32-24-34-31(25-36(32)43)18-19-37(46-26-28-11-5-3-6-12-28)38(34)48-40(45)42-33-17-9-15-30(22-33)23-35(41)39(44)47-27-29-13-7-4-8-14-29/h3-9,11-15,17-19,22,32,35-36H,2,10,16,20-21,23-27,41H2,1H3,(H,42,45)/t32-,35+,36-/m1/s1. The van der Waals surface area contributed by atoms with Crippen molar-refractivity contribution in [3.63, 3.8) is 0 Å². The van der Waals surface area contributed by atoms with E-state index in [2.05, 4.69) is 23.2 Å². The smallest absolute Gasteiger partial charge is 0.417 e. The largest absolute Gasteiger partial charge is 0.485 e. The first kappa shape index (κ1) is 33.2. The van der Waals surface area contributed by atoms with Crippen LogP contribution in [0.2, 0.25) is 0 Å². The topological polar surface area (TPSA) is 103 Å². The van der Waals surface area contributed by atoms with Crippen molar-refractivity contribution in [3.05, 3.63) is 125 Å². The van der Waals surface area contributed by atoms with Gasteiger partial charge in [0.05, 0.1) is 0 Å². The van der Waals surface area contributed by atoms with E-state index in [0.717, 1.165) is 54.6 Å². The normalized spacial score (nSPS) is 17.8. The maximum Gasteiger partial charge on any atom is 0.417 e. The highest BCUT2D eigenvalue weighted by atomic mass is 16.6. The zero-order valence-electron chi connectivity index (χ0n) is 27.6. The highest BCUT2D eigenvalue weighted by Crippen LogP contribution is 2.43. The molecule has 0 bridgehead atoms. The average Bonchev–Trinajstić information content (AvgIpc) is 3.11. The van der Waals surface area contributed by atoms with Crippen LogP contribution in [0.1, 0.15) is 54.0 Å². The second-order valence-electron chi connectivity index (χ2n) is 12.8. The van der Waals surface area contributed by atoms with Crippen LogP contribution in [-0.2, 0) is 42.0 Å². The number of hydrogen-bond donors (Lipinski definition) is 2. The van der Waals surface area contributed by atoms with E-state index in [1.807, 2.05) is 78.9 Å². The Morgan fingerprint density at radius 3 is 2.38 bits per heavy atom. The quantitative estimate of drug-likeness (QED) is 0.159. The molecule has 3 atom stereocenters. The number of esters is 1. The van der Waals surface area contributed by atoms with Crippen LogP contribution >= 0.6 is 0 Å². The van der Waals surface area contributed by atoms with Gasteiger partial charge < -0.3 is 19.9 Å². The van der Waals surface area contributed by atoms with Gasteiger partial charge in [0.25, 0.3) is 0 Å². The summed E-state index contributed by atoms with van der Waals surface area (Å²) in [6.45, 7) is 5.03. The molecule has 1 aliphatic heterocycles. The van der Waals surface area contributed by atoms with Crippen LogP contribution in [0, 0.1) is 5.92 Å². The molecule has 6 rings (SSSR count). The SMILES string of the molecule is CCCN1CCC[C@@H]2Cc3c(ccc(OCc4ccccc4)c3OC(=O)Nc3cccc(C[C@H](N)C(=O)OCc4ccccc4)c3)C[C@H]21. The summed E-state index contributed by atoms with van der Waals surface area (Å²) in [5, 5.41) is 2.89. The van der Waals surface area contributed by atoms with Crippen molar-refractivity contribution < 1.29 is 23.8 Å². The van der Waals surface area contributed by atoms with Crippen LogP contribution in [0.3, 0.4) is 0 Å². The van der Waals surface area contributed by atoms with Crippen molar-refractivity contribution in [2.45, 2.75) is 70.7 Å². The zero-order valence-corrected chi connectivity index (χ0v) is 27.6. The number of likely N-dealkylation sites (tertiary alicyclic amines) is 1. The number of nitrogens with zero attached hydrogens (tertiary/aromatic N) is 1. The number of nitrogens with two attached hydrogens (primary N) is 1. The Morgan fingerprint density at radius 1 is 0.896 bits per heavy atom. The van der Waals surface area contributed by atoms with E-state index in [4.69, 9.17) is 19.9 Å². The van der Waals surface area contributed by atoms with E-state index < -0.39 is 18.1 Å². The molecular weight excluding hydrogens is 602 g/mol. The fourth-order valence-corrected chi connectivity index (χ4v) is 7.01. The van der Waals surface area contributed by atoms with Crippen molar-refractivity contribution in [1.29, 1.82) is 0 Å². The molecule has 3 N–H and O–H groups in total. The second kappa shape index (κ2) is 16.0. The van der Waals surface area contributed by atoms with Gasteiger partial charge in [-0.3, -0.25) is 15.0 Å². The summed E-state index contributed by atoms with van der Waals surface area (Å²) >= 11 is 0. The van der Waals surface area contributed by atoms with E-state index in [1.165, 1.54) is 18.4 Å². The number of carbonyl (C=O) groups is 2. The minimum atomic E-state index is -0.840. The molecule has 0 saturated carbocycles. The molecular formula is C40H45N3O5. The molecule has 0 spiro atoms. The lowest BCUT2D eigenvalue weighted by atomic mass is 9.75. The van der Waals surface area contributed by atoms with Gasteiger partial charge in [-0.05, 0) is 98.0 Å². The molecule has 8 heteroatoms. The molecule has 0 radical (unpaired) electrons. The van der Waals surface area contributed by atoms with Gasteiger partial charge in [-0.25, -0.2) is 4.79 Å². The fourth-order valence-electron chi connectivity index (χ4n) is 7.01. The van der Waals surface area contributed by atoms with Crippen molar-refractivity contribution >= 4 is 17.7 Å². The molecule has 0 unspecified atom stereocenters. The maximum absolute atomic E-state index is 13.5. The predicted molar refractivity (Wildman–Crippen MR) is 187 cm³/mol. The van der Waals surface area contributed by atoms with Crippen molar-refractivity contribution in [2.75, 3.05) is 18.4 Å². The molecule has 48 heavy (non-hydrogen) atoms. The summed E-state index contributed by atoms with van der Waals surface area (Å²) < 4.78 is 17.8. The predicted octanol–water partition coefficient (Wildman–Crippen LogP) is 7.08. The number of piperidine rings is 1. The lowest BCUT2D eigenvalue weighted by Gasteiger charge is -2.45. The summed E-state index contributed by atoms with van der Waals surface area (Å²) in [5.74, 6) is 1.08. The molecule has 4 aromatic rings. The third kappa shape index (κ3) is 8.43. The van der Waals surface area contributed by atoms with E-state index in [1.54, 1.807) is 12.1 Å². The Hall–Kier alpha value is -4.66. The van der Waals surface area contributed by atoms with E-state index in [-0.39, 0.29) is 13.0 Å². The number of amides is 1. The Morgan fingerprint density at radius 2 is 1.62 bits per heavy atom. The maximum atomic E-state index is 13.5. The highest BCUT2D eigenvalue weighted by Gasteiger charge is 2.37. The summed E-state index contributed by atoms with van der Waals surface area (Å²) in [4.78, 5) is 28.7. The first-order chi connectivity index (χ1) is 23.5. The molecule has 1 aliphatic carbocycles. The van der Waals surface area contributed by atoms with Crippen LogP contribution in [0.5, 0.6) is 11.5 Å². The van der Waals surface area contributed by atoms with Gasteiger partial charge in [-0.15, -0.1) is 0 Å².